The van der Waals surface area contributed by atoms with Crippen LogP contribution in [-0.4, -0.2) is 40.9 Å². The number of allylic oxidation sites excluding steroid dienone is 1. The second kappa shape index (κ2) is 6.45. The fourth-order valence-corrected chi connectivity index (χ4v) is 2.19. The normalized spacial score (nSPS) is 23.0. The van der Waals surface area contributed by atoms with Gasteiger partial charge in [-0.2, -0.15) is 0 Å². The summed E-state index contributed by atoms with van der Waals surface area (Å²) in [5, 5.41) is 9.94. The van der Waals surface area contributed by atoms with E-state index in [1.807, 2.05) is 25.7 Å². The summed E-state index contributed by atoms with van der Waals surface area (Å²) >= 11 is 0. The highest BCUT2D eigenvalue weighted by molar-refractivity contribution is 5.80. The number of nitrogens with zero attached hydrogens (tertiary/aromatic N) is 1. The van der Waals surface area contributed by atoms with Crippen LogP contribution in [0, 0.1) is 5.92 Å². The Balaban J connectivity index is 2.36. The van der Waals surface area contributed by atoms with Crippen LogP contribution in [0.15, 0.2) is 12.7 Å². The van der Waals surface area contributed by atoms with E-state index >= 15 is 0 Å². The van der Waals surface area contributed by atoms with E-state index in [2.05, 4.69) is 6.58 Å². The Hall–Kier alpha value is -0.710. The van der Waals surface area contributed by atoms with Crippen LogP contribution in [0.2, 0.25) is 0 Å². The van der Waals surface area contributed by atoms with Gasteiger partial charge in [-0.05, 0) is 33.1 Å². The van der Waals surface area contributed by atoms with Gasteiger partial charge in [-0.25, -0.2) is 0 Å². The fraction of sp³-hybridized carbons (Fsp3) is 0.786. The van der Waals surface area contributed by atoms with Gasteiger partial charge in [0.15, 0.2) is 0 Å². The molecular formula is C14H25NO3. The van der Waals surface area contributed by atoms with Crippen molar-refractivity contribution in [3.63, 3.8) is 0 Å². The number of hydrogen-bond acceptors (Lipinski definition) is 4. The van der Waals surface area contributed by atoms with Crippen molar-refractivity contribution in [3.05, 3.63) is 12.7 Å². The first kappa shape index (κ1) is 15.3. The molecule has 0 bridgehead atoms. The highest BCUT2D eigenvalue weighted by Crippen LogP contribution is 2.23. The van der Waals surface area contributed by atoms with E-state index in [-0.39, 0.29) is 11.4 Å². The minimum atomic E-state index is -0.871. The number of aliphatic hydroxyl groups excluding tert-OH is 1. The lowest BCUT2D eigenvalue weighted by Gasteiger charge is -2.29. The predicted octanol–water partition coefficient (Wildman–Crippen LogP) is 1.93. The summed E-state index contributed by atoms with van der Waals surface area (Å²) < 4.78 is 5.50. The molecule has 0 saturated carbocycles. The lowest BCUT2D eigenvalue weighted by atomic mass is 10.0. The van der Waals surface area contributed by atoms with E-state index in [1.54, 1.807) is 6.08 Å². The zero-order valence-electron chi connectivity index (χ0n) is 11.7. The number of Topliss-reactive ketones (excluding diaryl/α,β-unsaturated/α-hetero) is 1. The molecule has 0 aromatic heterocycles. The Morgan fingerprint density at radius 2 is 2.28 bits per heavy atom. The van der Waals surface area contributed by atoms with Gasteiger partial charge in [-0.15, -0.1) is 6.58 Å². The van der Waals surface area contributed by atoms with Gasteiger partial charge in [0.05, 0.1) is 5.60 Å². The summed E-state index contributed by atoms with van der Waals surface area (Å²) in [5.74, 6) is 0.554. The van der Waals surface area contributed by atoms with Gasteiger partial charge in [0.25, 0.3) is 0 Å². The Morgan fingerprint density at radius 3 is 2.83 bits per heavy atom. The van der Waals surface area contributed by atoms with E-state index in [0.29, 0.717) is 18.8 Å². The fourth-order valence-electron chi connectivity index (χ4n) is 2.19. The third-order valence-electron chi connectivity index (χ3n) is 2.98. The molecule has 1 saturated heterocycles. The van der Waals surface area contributed by atoms with Crippen LogP contribution in [0.1, 0.15) is 40.0 Å². The SMILES string of the molecule is C=CCC(=O)C[C@@H]1CCN(C(O)OC(C)(C)C)C1. The van der Waals surface area contributed by atoms with Crippen LogP contribution in [0.3, 0.4) is 0 Å². The van der Waals surface area contributed by atoms with E-state index in [9.17, 15) is 9.90 Å². The Bertz CT molecular complexity index is 296. The van der Waals surface area contributed by atoms with Gasteiger partial charge in [-0.1, -0.05) is 6.08 Å². The first-order chi connectivity index (χ1) is 8.31. The van der Waals surface area contributed by atoms with Gasteiger partial charge < -0.3 is 9.84 Å². The number of aliphatic hydroxyl groups is 1. The number of ether oxygens (including phenoxy) is 1. The maximum Gasteiger partial charge on any atom is 0.216 e. The quantitative estimate of drug-likeness (QED) is 0.582. The van der Waals surface area contributed by atoms with Crippen molar-refractivity contribution in [1.29, 1.82) is 0 Å². The van der Waals surface area contributed by atoms with E-state index in [0.717, 1.165) is 19.5 Å². The lowest BCUT2D eigenvalue weighted by molar-refractivity contribution is -0.234. The van der Waals surface area contributed by atoms with Crippen LogP contribution in [0.5, 0.6) is 0 Å². The second-order valence-corrected chi connectivity index (χ2v) is 5.94. The van der Waals surface area contributed by atoms with Crippen LogP contribution >= 0.6 is 0 Å². The zero-order chi connectivity index (χ0) is 13.8. The second-order valence-electron chi connectivity index (χ2n) is 5.94. The molecule has 1 fully saturated rings. The molecule has 4 heteroatoms. The average Bonchev–Trinajstić information content (AvgIpc) is 2.63. The molecular weight excluding hydrogens is 230 g/mol. The predicted molar refractivity (Wildman–Crippen MR) is 71.0 cm³/mol. The summed E-state index contributed by atoms with van der Waals surface area (Å²) in [6, 6.07) is 0. The minimum Gasteiger partial charge on any atom is -0.356 e. The highest BCUT2D eigenvalue weighted by Gasteiger charge is 2.30. The molecule has 1 heterocycles. The van der Waals surface area contributed by atoms with Crippen molar-refractivity contribution in [3.8, 4) is 0 Å². The van der Waals surface area contributed by atoms with E-state index in [4.69, 9.17) is 4.74 Å². The molecule has 18 heavy (non-hydrogen) atoms. The van der Waals surface area contributed by atoms with Crippen LogP contribution in [-0.2, 0) is 9.53 Å². The topological polar surface area (TPSA) is 49.8 Å². The summed E-state index contributed by atoms with van der Waals surface area (Å²) in [4.78, 5) is 13.4. The smallest absolute Gasteiger partial charge is 0.216 e. The van der Waals surface area contributed by atoms with Gasteiger partial charge in [-0.3, -0.25) is 9.69 Å². The van der Waals surface area contributed by atoms with Crippen molar-refractivity contribution in [1.82, 2.24) is 4.90 Å². The van der Waals surface area contributed by atoms with Gasteiger partial charge in [0.1, 0.15) is 5.78 Å². The Labute approximate surface area is 110 Å². The van der Waals surface area contributed by atoms with Crippen LogP contribution in [0.4, 0.5) is 0 Å². The number of ketones is 1. The molecule has 2 atom stereocenters. The van der Waals surface area contributed by atoms with Crippen molar-refractivity contribution in [2.75, 3.05) is 13.1 Å². The molecule has 1 rings (SSSR count). The Morgan fingerprint density at radius 1 is 1.61 bits per heavy atom. The third kappa shape index (κ3) is 5.29. The van der Waals surface area contributed by atoms with Gasteiger partial charge >= 0.3 is 0 Å². The maximum absolute atomic E-state index is 11.5. The lowest BCUT2D eigenvalue weighted by Crippen LogP contribution is -2.40. The monoisotopic (exact) mass is 255 g/mol. The molecule has 104 valence electrons. The number of likely N-dealkylation sites (tertiary alicyclic amines) is 1. The maximum atomic E-state index is 11.5. The largest absolute Gasteiger partial charge is 0.356 e. The van der Waals surface area contributed by atoms with E-state index < -0.39 is 6.41 Å². The standard InChI is InChI=1S/C14H25NO3/c1-5-6-12(16)9-11-7-8-15(10-11)13(17)18-14(2,3)4/h5,11,13,17H,1,6-10H2,2-4H3/t11-,13?/m0/s1. The molecule has 0 aromatic rings. The van der Waals surface area contributed by atoms with Crippen LogP contribution < -0.4 is 0 Å². The average molecular weight is 255 g/mol. The molecule has 1 aliphatic rings. The molecule has 0 aromatic carbocycles. The molecule has 1 N–H and O–H groups in total. The first-order valence-corrected chi connectivity index (χ1v) is 6.54. The molecule has 1 unspecified atom stereocenters. The summed E-state index contributed by atoms with van der Waals surface area (Å²) in [6.07, 6.45) is 2.73. The highest BCUT2D eigenvalue weighted by atomic mass is 16.6. The van der Waals surface area contributed by atoms with Crippen molar-refractivity contribution >= 4 is 5.78 Å². The van der Waals surface area contributed by atoms with Gasteiger partial charge in [0.2, 0.25) is 6.41 Å². The summed E-state index contributed by atoms with van der Waals surface area (Å²) in [7, 11) is 0. The van der Waals surface area contributed by atoms with Crippen molar-refractivity contribution < 1.29 is 14.6 Å². The molecule has 0 aliphatic carbocycles. The Kier molecular flexibility index (Phi) is 5.50. The number of rotatable bonds is 6. The van der Waals surface area contributed by atoms with E-state index in [1.165, 1.54) is 0 Å². The zero-order valence-corrected chi connectivity index (χ0v) is 11.7. The number of carbonyl (C=O) groups is 1. The third-order valence-corrected chi connectivity index (χ3v) is 2.98. The molecule has 1 aliphatic heterocycles. The van der Waals surface area contributed by atoms with Crippen LogP contribution in [0.25, 0.3) is 0 Å². The van der Waals surface area contributed by atoms with Gasteiger partial charge in [0, 0.05) is 25.9 Å². The summed E-state index contributed by atoms with van der Waals surface area (Å²) in [6.45, 7) is 10.8. The number of hydrogen-bond donors (Lipinski definition) is 1. The number of carbonyl (C=O) groups excluding carboxylic acids is 1. The molecule has 0 spiro atoms. The molecule has 0 radical (unpaired) electrons. The summed E-state index contributed by atoms with van der Waals surface area (Å²) in [5.41, 5.74) is -0.365. The molecule has 4 nitrogen and oxygen atoms in total. The minimum absolute atomic E-state index is 0.225. The molecule has 0 amide bonds. The van der Waals surface area contributed by atoms with Crippen molar-refractivity contribution in [2.24, 2.45) is 5.92 Å². The van der Waals surface area contributed by atoms with Crippen molar-refractivity contribution in [2.45, 2.75) is 52.0 Å². The first-order valence-electron chi connectivity index (χ1n) is 6.54.